The van der Waals surface area contributed by atoms with E-state index in [2.05, 4.69) is 4.74 Å². The van der Waals surface area contributed by atoms with Crippen molar-refractivity contribution in [3.05, 3.63) is 23.3 Å². The summed E-state index contributed by atoms with van der Waals surface area (Å²) in [4.78, 5) is 10.6. The van der Waals surface area contributed by atoms with Crippen LogP contribution in [0.3, 0.4) is 0 Å². The van der Waals surface area contributed by atoms with E-state index in [9.17, 15) is 18.0 Å². The van der Waals surface area contributed by atoms with Gasteiger partial charge < -0.3 is 4.74 Å². The number of carbonyl (C=O) groups is 1. The van der Waals surface area contributed by atoms with E-state index in [-0.39, 0.29) is 5.57 Å². The van der Waals surface area contributed by atoms with Crippen LogP contribution < -0.4 is 0 Å². The first kappa shape index (κ1) is 12.7. The molecule has 0 aromatic heterocycles. The minimum absolute atomic E-state index is 0.0950. The highest BCUT2D eigenvalue weighted by molar-refractivity contribution is 5.82. The van der Waals surface area contributed by atoms with Crippen LogP contribution in [0.15, 0.2) is 23.3 Å². The lowest BCUT2D eigenvalue weighted by Gasteiger charge is -2.09. The summed E-state index contributed by atoms with van der Waals surface area (Å²) in [6.45, 7) is 2.65. The van der Waals surface area contributed by atoms with Crippen LogP contribution in [0.25, 0.3) is 0 Å². The Morgan fingerprint density at radius 1 is 1.21 bits per heavy atom. The molecule has 0 aliphatic carbocycles. The molecule has 2 nitrogen and oxygen atoms in total. The number of rotatable bonds is 2. The van der Waals surface area contributed by atoms with Crippen LogP contribution in [0, 0.1) is 0 Å². The zero-order valence-corrected chi connectivity index (χ0v) is 8.11. The third kappa shape index (κ3) is 4.11. The van der Waals surface area contributed by atoms with Gasteiger partial charge in [-0.1, -0.05) is 5.57 Å². The average molecular weight is 208 g/mol. The third-order valence-electron chi connectivity index (χ3n) is 1.43. The van der Waals surface area contributed by atoms with Crippen molar-refractivity contribution >= 4 is 5.97 Å². The van der Waals surface area contributed by atoms with Crippen LogP contribution in [-0.4, -0.2) is 19.3 Å². The lowest BCUT2D eigenvalue weighted by molar-refractivity contribution is -0.134. The Morgan fingerprint density at radius 3 is 2.00 bits per heavy atom. The number of carbonyl (C=O) groups excluding carboxylic acids is 1. The van der Waals surface area contributed by atoms with E-state index in [4.69, 9.17) is 0 Å². The highest BCUT2D eigenvalue weighted by atomic mass is 19.4. The molecule has 0 N–H and O–H groups in total. The molecular formula is C9H11F3O2. The molecule has 0 unspecified atom stereocenters. The molecule has 5 heteroatoms. The Hall–Kier alpha value is -1.26. The van der Waals surface area contributed by atoms with Gasteiger partial charge in [-0.2, -0.15) is 13.2 Å². The molecule has 0 aromatic carbocycles. The number of esters is 1. The van der Waals surface area contributed by atoms with Crippen molar-refractivity contribution in [3.63, 3.8) is 0 Å². The van der Waals surface area contributed by atoms with Crippen molar-refractivity contribution in [3.8, 4) is 0 Å². The molecule has 0 saturated heterocycles. The van der Waals surface area contributed by atoms with Crippen molar-refractivity contribution in [1.29, 1.82) is 0 Å². The first-order valence-corrected chi connectivity index (χ1v) is 3.79. The van der Waals surface area contributed by atoms with Crippen molar-refractivity contribution in [2.24, 2.45) is 0 Å². The molecule has 80 valence electrons. The van der Waals surface area contributed by atoms with E-state index < -0.39 is 17.7 Å². The van der Waals surface area contributed by atoms with Crippen molar-refractivity contribution in [1.82, 2.24) is 0 Å². The zero-order chi connectivity index (χ0) is 11.4. The van der Waals surface area contributed by atoms with E-state index in [1.165, 1.54) is 13.8 Å². The Morgan fingerprint density at radius 2 is 1.71 bits per heavy atom. The second kappa shape index (κ2) is 4.83. The van der Waals surface area contributed by atoms with E-state index >= 15 is 0 Å². The molecule has 0 fully saturated rings. The predicted octanol–water partition coefficient (Wildman–Crippen LogP) is 2.61. The fourth-order valence-corrected chi connectivity index (χ4v) is 0.764. The smallest absolute Gasteiger partial charge is 0.416 e. The second-order valence-corrected chi connectivity index (χ2v) is 2.77. The summed E-state index contributed by atoms with van der Waals surface area (Å²) in [6.07, 6.45) is -2.99. The molecule has 0 radical (unpaired) electrons. The highest BCUT2D eigenvalue weighted by Crippen LogP contribution is 2.28. The quantitative estimate of drug-likeness (QED) is 0.396. The Kier molecular flexibility index (Phi) is 4.40. The van der Waals surface area contributed by atoms with E-state index in [1.807, 2.05) is 0 Å². The van der Waals surface area contributed by atoms with Crippen molar-refractivity contribution in [2.75, 3.05) is 7.11 Å². The van der Waals surface area contributed by atoms with Gasteiger partial charge in [-0.25, -0.2) is 4.79 Å². The molecule has 0 heterocycles. The largest absolute Gasteiger partial charge is 0.466 e. The maximum absolute atomic E-state index is 12.3. The standard InChI is InChI=1S/C9H11F3O2/c1-6(2)7(9(10,11)12)4-5-8(13)14-3/h4-5H,1-3H3/b5-4+. The first-order chi connectivity index (χ1) is 6.29. The molecule has 0 rings (SSSR count). The summed E-state index contributed by atoms with van der Waals surface area (Å²) in [7, 11) is 1.10. The maximum Gasteiger partial charge on any atom is 0.416 e. The molecule has 0 spiro atoms. The summed E-state index contributed by atoms with van der Waals surface area (Å²) >= 11 is 0. The number of alkyl halides is 3. The van der Waals surface area contributed by atoms with E-state index in [0.29, 0.717) is 6.08 Å². The Labute approximate surface area is 80.1 Å². The fourth-order valence-electron chi connectivity index (χ4n) is 0.764. The molecule has 0 aliphatic heterocycles. The lowest BCUT2D eigenvalue weighted by atomic mass is 10.1. The van der Waals surface area contributed by atoms with E-state index in [0.717, 1.165) is 13.2 Å². The molecule has 0 atom stereocenters. The monoisotopic (exact) mass is 208 g/mol. The van der Waals surface area contributed by atoms with Gasteiger partial charge in [0.1, 0.15) is 0 Å². The van der Waals surface area contributed by atoms with Gasteiger partial charge in [0.05, 0.1) is 12.7 Å². The number of hydrogen-bond acceptors (Lipinski definition) is 2. The number of halogens is 3. The lowest BCUT2D eigenvalue weighted by Crippen LogP contribution is -2.12. The second-order valence-electron chi connectivity index (χ2n) is 2.77. The number of ether oxygens (including phenoxy) is 1. The van der Waals surface area contributed by atoms with Crippen LogP contribution in [0.1, 0.15) is 13.8 Å². The third-order valence-corrected chi connectivity index (χ3v) is 1.43. The van der Waals surface area contributed by atoms with Gasteiger partial charge in [0.25, 0.3) is 0 Å². The summed E-state index contributed by atoms with van der Waals surface area (Å²) in [6, 6.07) is 0. The van der Waals surface area contributed by atoms with Crippen LogP contribution >= 0.6 is 0 Å². The van der Waals surface area contributed by atoms with Gasteiger partial charge in [-0.05, 0) is 19.9 Å². The number of hydrogen-bond donors (Lipinski definition) is 0. The number of methoxy groups -OCH3 is 1. The van der Waals surface area contributed by atoms with Crippen molar-refractivity contribution < 1.29 is 22.7 Å². The van der Waals surface area contributed by atoms with Crippen LogP contribution in [-0.2, 0) is 9.53 Å². The Bertz CT molecular complexity index is 270. The molecule has 0 amide bonds. The highest BCUT2D eigenvalue weighted by Gasteiger charge is 2.32. The molecule has 0 aromatic rings. The molecule has 14 heavy (non-hydrogen) atoms. The van der Waals surface area contributed by atoms with Gasteiger partial charge in [-0.3, -0.25) is 0 Å². The predicted molar refractivity (Wildman–Crippen MR) is 45.6 cm³/mol. The number of allylic oxidation sites excluding steroid dienone is 3. The summed E-state index contributed by atoms with van der Waals surface area (Å²) < 4.78 is 41.0. The summed E-state index contributed by atoms with van der Waals surface area (Å²) in [5.74, 6) is -0.812. The Balaban J connectivity index is 4.85. The zero-order valence-electron chi connectivity index (χ0n) is 8.11. The minimum atomic E-state index is -4.44. The summed E-state index contributed by atoms with van der Waals surface area (Å²) in [5, 5.41) is 0. The van der Waals surface area contributed by atoms with E-state index in [1.54, 1.807) is 0 Å². The molecule has 0 bridgehead atoms. The first-order valence-electron chi connectivity index (χ1n) is 3.79. The van der Waals surface area contributed by atoms with Gasteiger partial charge in [-0.15, -0.1) is 0 Å². The van der Waals surface area contributed by atoms with Crippen LogP contribution in [0.2, 0.25) is 0 Å². The topological polar surface area (TPSA) is 26.3 Å². The van der Waals surface area contributed by atoms with Crippen LogP contribution in [0.5, 0.6) is 0 Å². The van der Waals surface area contributed by atoms with Gasteiger partial charge in [0.15, 0.2) is 0 Å². The molecular weight excluding hydrogens is 197 g/mol. The minimum Gasteiger partial charge on any atom is -0.466 e. The van der Waals surface area contributed by atoms with Crippen LogP contribution in [0.4, 0.5) is 13.2 Å². The fraction of sp³-hybridized carbons (Fsp3) is 0.444. The SMILES string of the molecule is COC(=O)/C=C/C(=C(C)C)C(F)(F)F. The van der Waals surface area contributed by atoms with Crippen molar-refractivity contribution in [2.45, 2.75) is 20.0 Å². The molecule has 0 saturated carbocycles. The van der Waals surface area contributed by atoms with Gasteiger partial charge in [0, 0.05) is 6.08 Å². The van der Waals surface area contributed by atoms with Gasteiger partial charge >= 0.3 is 12.1 Å². The molecule has 0 aliphatic rings. The van der Waals surface area contributed by atoms with Gasteiger partial charge in [0.2, 0.25) is 0 Å². The summed E-state index contributed by atoms with van der Waals surface area (Å²) in [5.41, 5.74) is -0.736. The average Bonchev–Trinajstić information content (AvgIpc) is 2.01. The maximum atomic E-state index is 12.3. The normalized spacial score (nSPS) is 11.6.